The quantitative estimate of drug-likeness (QED) is 0.816. The van der Waals surface area contributed by atoms with Gasteiger partial charge in [-0.15, -0.1) is 11.3 Å². The van der Waals surface area contributed by atoms with Crippen LogP contribution in [0.4, 0.5) is 8.78 Å². The Morgan fingerprint density at radius 2 is 1.88 bits per heavy atom. The second-order valence-electron chi connectivity index (χ2n) is 3.22. The predicted molar refractivity (Wildman–Crippen MR) is 62.6 cm³/mol. The van der Waals surface area contributed by atoms with Crippen molar-refractivity contribution in [2.75, 3.05) is 0 Å². The van der Waals surface area contributed by atoms with E-state index in [9.17, 15) is 8.78 Å². The molecule has 0 spiro atoms. The Labute approximate surface area is 100 Å². The molecule has 1 nitrogen and oxygen atoms in total. The first-order valence-electron chi connectivity index (χ1n) is 4.55. The third-order valence-corrected chi connectivity index (χ3v) is 3.59. The number of benzene rings is 1. The maximum atomic E-state index is 13.1. The summed E-state index contributed by atoms with van der Waals surface area (Å²) in [5.74, 6) is -1.84. The number of halogens is 3. The smallest absolute Gasteiger partial charge is 0.160 e. The highest BCUT2D eigenvalue weighted by atomic mass is 35.5. The van der Waals surface area contributed by atoms with E-state index in [1.165, 1.54) is 11.3 Å². The van der Waals surface area contributed by atoms with Crippen molar-refractivity contribution in [2.45, 2.75) is 6.54 Å². The first-order valence-corrected chi connectivity index (χ1v) is 5.75. The Morgan fingerprint density at radius 1 is 1.19 bits per heavy atom. The largest absolute Gasteiger partial charge is 0.326 e. The van der Waals surface area contributed by atoms with Crippen molar-refractivity contribution in [1.29, 1.82) is 0 Å². The summed E-state index contributed by atoms with van der Waals surface area (Å²) in [6, 6.07) is 5.72. The van der Waals surface area contributed by atoms with Gasteiger partial charge in [-0.05, 0) is 24.3 Å². The first-order chi connectivity index (χ1) is 7.61. The van der Waals surface area contributed by atoms with Gasteiger partial charge in [-0.1, -0.05) is 11.6 Å². The molecule has 0 fully saturated rings. The number of hydrogen-bond donors (Lipinski definition) is 1. The molecule has 0 radical (unpaired) electrons. The maximum Gasteiger partial charge on any atom is 0.160 e. The van der Waals surface area contributed by atoms with E-state index in [1.807, 2.05) is 6.07 Å². The number of thiophene rings is 1. The van der Waals surface area contributed by atoms with Gasteiger partial charge in [0.15, 0.2) is 11.6 Å². The third-order valence-electron chi connectivity index (χ3n) is 2.14. The molecule has 0 aliphatic rings. The van der Waals surface area contributed by atoms with Crippen molar-refractivity contribution in [3.8, 4) is 10.4 Å². The Bertz CT molecular complexity index is 525. The summed E-state index contributed by atoms with van der Waals surface area (Å²) < 4.78 is 26.0. The highest BCUT2D eigenvalue weighted by Gasteiger charge is 2.11. The summed E-state index contributed by atoms with van der Waals surface area (Å²) in [6.07, 6.45) is 0. The number of nitrogens with two attached hydrogens (primary N) is 1. The van der Waals surface area contributed by atoms with Gasteiger partial charge in [0, 0.05) is 21.9 Å². The maximum absolute atomic E-state index is 13.1. The summed E-state index contributed by atoms with van der Waals surface area (Å²) >= 11 is 7.27. The molecule has 1 aromatic carbocycles. The summed E-state index contributed by atoms with van der Waals surface area (Å²) in [4.78, 5) is 1.75. The summed E-state index contributed by atoms with van der Waals surface area (Å²) in [5.41, 5.74) is 5.97. The first kappa shape index (κ1) is 11.5. The molecule has 16 heavy (non-hydrogen) atoms. The van der Waals surface area contributed by atoms with Crippen LogP contribution in [0.5, 0.6) is 0 Å². The van der Waals surface area contributed by atoms with E-state index in [1.54, 1.807) is 6.07 Å². The third kappa shape index (κ3) is 2.09. The molecule has 0 unspecified atom stereocenters. The molecule has 84 valence electrons. The Balaban J connectivity index is 2.51. The summed E-state index contributed by atoms with van der Waals surface area (Å²) in [7, 11) is 0. The standard InChI is InChI=1S/C11H8ClF2NS/c12-8-4-10(14)9(13)3-7(8)11-2-1-6(5-15)16-11/h1-4H,5,15H2. The molecule has 0 saturated carbocycles. The lowest BCUT2D eigenvalue weighted by Crippen LogP contribution is -1.91. The molecule has 0 aliphatic heterocycles. The van der Waals surface area contributed by atoms with Crippen molar-refractivity contribution < 1.29 is 8.78 Å². The van der Waals surface area contributed by atoms with Crippen LogP contribution in [-0.2, 0) is 6.54 Å². The second-order valence-corrected chi connectivity index (χ2v) is 4.79. The Morgan fingerprint density at radius 3 is 2.50 bits per heavy atom. The Kier molecular flexibility index (Phi) is 3.23. The number of rotatable bonds is 2. The zero-order valence-electron chi connectivity index (χ0n) is 8.14. The zero-order valence-corrected chi connectivity index (χ0v) is 9.71. The zero-order chi connectivity index (χ0) is 11.7. The van der Waals surface area contributed by atoms with E-state index < -0.39 is 11.6 Å². The predicted octanol–water partition coefficient (Wildman–Crippen LogP) is 3.81. The van der Waals surface area contributed by atoms with Crippen LogP contribution in [-0.4, -0.2) is 0 Å². The lowest BCUT2D eigenvalue weighted by molar-refractivity contribution is 0.509. The van der Waals surface area contributed by atoms with Gasteiger partial charge in [-0.3, -0.25) is 0 Å². The molecule has 1 heterocycles. The van der Waals surface area contributed by atoms with Gasteiger partial charge in [0.25, 0.3) is 0 Å². The topological polar surface area (TPSA) is 26.0 Å². The van der Waals surface area contributed by atoms with E-state index >= 15 is 0 Å². The van der Waals surface area contributed by atoms with Crippen LogP contribution >= 0.6 is 22.9 Å². The molecule has 2 aromatic rings. The molecule has 2 N–H and O–H groups in total. The van der Waals surface area contributed by atoms with Crippen LogP contribution in [0.15, 0.2) is 24.3 Å². The van der Waals surface area contributed by atoms with Gasteiger partial charge in [-0.25, -0.2) is 8.78 Å². The minimum absolute atomic E-state index is 0.198. The molecule has 0 saturated heterocycles. The fourth-order valence-corrected chi connectivity index (χ4v) is 2.57. The molecular weight excluding hydrogens is 252 g/mol. The van der Waals surface area contributed by atoms with Crippen molar-refractivity contribution in [2.24, 2.45) is 5.73 Å². The van der Waals surface area contributed by atoms with E-state index in [2.05, 4.69) is 0 Å². The van der Waals surface area contributed by atoms with Gasteiger partial charge < -0.3 is 5.73 Å². The van der Waals surface area contributed by atoms with Gasteiger partial charge in [0.2, 0.25) is 0 Å². The molecule has 0 amide bonds. The monoisotopic (exact) mass is 259 g/mol. The minimum atomic E-state index is -0.940. The van der Waals surface area contributed by atoms with Crippen LogP contribution in [0, 0.1) is 11.6 Å². The molecule has 2 rings (SSSR count). The van der Waals surface area contributed by atoms with Crippen molar-refractivity contribution >= 4 is 22.9 Å². The average molecular weight is 260 g/mol. The van der Waals surface area contributed by atoms with Crippen LogP contribution in [0.3, 0.4) is 0 Å². The second kappa shape index (κ2) is 4.49. The van der Waals surface area contributed by atoms with E-state index in [4.69, 9.17) is 17.3 Å². The molecule has 0 bridgehead atoms. The van der Waals surface area contributed by atoms with Gasteiger partial charge in [0.1, 0.15) is 0 Å². The van der Waals surface area contributed by atoms with Crippen molar-refractivity contribution in [3.63, 3.8) is 0 Å². The fraction of sp³-hybridized carbons (Fsp3) is 0.0909. The van der Waals surface area contributed by atoms with E-state index in [0.29, 0.717) is 12.1 Å². The Hall–Kier alpha value is -0.970. The average Bonchev–Trinajstić information content (AvgIpc) is 2.71. The summed E-state index contributed by atoms with van der Waals surface area (Å²) in [6.45, 7) is 0.423. The lowest BCUT2D eigenvalue weighted by atomic mass is 10.2. The van der Waals surface area contributed by atoms with Gasteiger partial charge in [-0.2, -0.15) is 0 Å². The minimum Gasteiger partial charge on any atom is -0.326 e. The number of hydrogen-bond acceptors (Lipinski definition) is 2. The van der Waals surface area contributed by atoms with Crippen LogP contribution < -0.4 is 5.73 Å². The van der Waals surface area contributed by atoms with Crippen molar-refractivity contribution in [1.82, 2.24) is 0 Å². The summed E-state index contributed by atoms with van der Waals surface area (Å²) in [5, 5.41) is 0.198. The van der Waals surface area contributed by atoms with Gasteiger partial charge >= 0.3 is 0 Å². The lowest BCUT2D eigenvalue weighted by Gasteiger charge is -2.02. The van der Waals surface area contributed by atoms with Gasteiger partial charge in [0.05, 0.1) is 5.02 Å². The fourth-order valence-electron chi connectivity index (χ4n) is 1.34. The SMILES string of the molecule is NCc1ccc(-c2cc(F)c(F)cc2Cl)s1. The molecule has 1 aromatic heterocycles. The van der Waals surface area contributed by atoms with Crippen LogP contribution in [0.1, 0.15) is 4.88 Å². The van der Waals surface area contributed by atoms with Crippen molar-refractivity contribution in [3.05, 3.63) is 45.8 Å². The van der Waals surface area contributed by atoms with E-state index in [-0.39, 0.29) is 5.02 Å². The highest BCUT2D eigenvalue weighted by Crippen LogP contribution is 2.34. The van der Waals surface area contributed by atoms with Crippen LogP contribution in [0.25, 0.3) is 10.4 Å². The normalized spacial score (nSPS) is 10.8. The highest BCUT2D eigenvalue weighted by molar-refractivity contribution is 7.15. The van der Waals surface area contributed by atoms with E-state index in [0.717, 1.165) is 21.9 Å². The van der Waals surface area contributed by atoms with Crippen LogP contribution in [0.2, 0.25) is 5.02 Å². The molecular formula is C11H8ClF2NS. The molecule has 5 heteroatoms. The molecule has 0 aliphatic carbocycles. The molecule has 0 atom stereocenters.